The topological polar surface area (TPSA) is 66.9 Å². The van der Waals surface area contributed by atoms with Gasteiger partial charge in [0.25, 0.3) is 0 Å². The van der Waals surface area contributed by atoms with Crippen LogP contribution in [0.2, 0.25) is 0 Å². The van der Waals surface area contributed by atoms with E-state index < -0.39 is 0 Å². The van der Waals surface area contributed by atoms with Gasteiger partial charge in [-0.25, -0.2) is 14.4 Å². The number of amides is 1. The largest absolute Gasteiger partial charge is 0.273 e. The van der Waals surface area contributed by atoms with Gasteiger partial charge in [-0.15, -0.1) is 0 Å². The van der Waals surface area contributed by atoms with Gasteiger partial charge in [0, 0.05) is 18.3 Å². The van der Waals surface area contributed by atoms with Crippen LogP contribution in [0.5, 0.6) is 0 Å². The molecule has 1 aromatic heterocycles. The summed E-state index contributed by atoms with van der Waals surface area (Å²) >= 11 is 0. The molecule has 0 radical (unpaired) electrons. The Hall–Kier alpha value is -2.50. The number of nitrogens with one attached hydrogen (secondary N) is 2. The van der Waals surface area contributed by atoms with Crippen LogP contribution in [0, 0.1) is 11.7 Å². The van der Waals surface area contributed by atoms with Crippen LogP contribution >= 0.6 is 0 Å². The highest BCUT2D eigenvalue weighted by atomic mass is 19.1. The lowest BCUT2D eigenvalue weighted by atomic mass is 10.1. The molecule has 20 heavy (non-hydrogen) atoms. The van der Waals surface area contributed by atoms with Crippen molar-refractivity contribution in [2.75, 3.05) is 5.43 Å². The predicted octanol–water partition coefficient (Wildman–Crippen LogP) is 1.86. The number of anilines is 1. The first kappa shape index (κ1) is 12.5. The fourth-order valence-corrected chi connectivity index (χ4v) is 2.18. The molecule has 2 N–H and O–H groups in total. The van der Waals surface area contributed by atoms with Gasteiger partial charge < -0.3 is 0 Å². The van der Waals surface area contributed by atoms with Crippen molar-refractivity contribution < 1.29 is 9.18 Å². The maximum Gasteiger partial charge on any atom is 0.242 e. The van der Waals surface area contributed by atoms with Gasteiger partial charge in [-0.05, 0) is 30.0 Å². The first-order valence-electron chi connectivity index (χ1n) is 6.33. The minimum absolute atomic E-state index is 0.0466. The molecule has 0 aliphatic heterocycles. The van der Waals surface area contributed by atoms with Crippen molar-refractivity contribution in [2.24, 2.45) is 5.92 Å². The highest BCUT2D eigenvalue weighted by Crippen LogP contribution is 2.48. The minimum atomic E-state index is -0.257. The number of nitrogens with zero attached hydrogens (tertiary/aromatic N) is 2. The van der Waals surface area contributed by atoms with Crippen LogP contribution in [0.4, 0.5) is 10.3 Å². The molecular formula is C14H13FN4O. The van der Waals surface area contributed by atoms with Gasteiger partial charge in [0.2, 0.25) is 11.9 Å². The second-order valence-electron chi connectivity index (χ2n) is 4.66. The Kier molecular flexibility index (Phi) is 3.28. The summed E-state index contributed by atoms with van der Waals surface area (Å²) in [5.74, 6) is -0.361. The van der Waals surface area contributed by atoms with Crippen LogP contribution in [-0.2, 0) is 4.79 Å². The summed E-state index contributed by atoms with van der Waals surface area (Å²) < 4.78 is 13.6. The van der Waals surface area contributed by atoms with Crippen molar-refractivity contribution in [1.29, 1.82) is 0 Å². The van der Waals surface area contributed by atoms with E-state index in [9.17, 15) is 9.18 Å². The van der Waals surface area contributed by atoms with Gasteiger partial charge in [-0.3, -0.25) is 15.6 Å². The van der Waals surface area contributed by atoms with Gasteiger partial charge in [0.15, 0.2) is 0 Å². The second kappa shape index (κ2) is 5.24. The van der Waals surface area contributed by atoms with Gasteiger partial charge in [-0.1, -0.05) is 18.2 Å². The molecule has 1 saturated carbocycles. The summed E-state index contributed by atoms with van der Waals surface area (Å²) in [5, 5.41) is 0. The normalized spacial score (nSPS) is 20.2. The molecule has 1 heterocycles. The lowest BCUT2D eigenvalue weighted by Crippen LogP contribution is -2.31. The third-order valence-corrected chi connectivity index (χ3v) is 3.30. The summed E-state index contributed by atoms with van der Waals surface area (Å²) in [6, 6.07) is 8.24. The van der Waals surface area contributed by atoms with Gasteiger partial charge >= 0.3 is 0 Å². The maximum atomic E-state index is 13.6. The summed E-state index contributed by atoms with van der Waals surface area (Å²) in [4.78, 5) is 19.8. The number of rotatable bonds is 4. The van der Waals surface area contributed by atoms with E-state index in [0.29, 0.717) is 17.9 Å². The van der Waals surface area contributed by atoms with E-state index >= 15 is 0 Å². The molecule has 0 bridgehead atoms. The molecule has 0 saturated heterocycles. The number of carbonyl (C=O) groups excluding carboxylic acids is 1. The van der Waals surface area contributed by atoms with Crippen LogP contribution in [0.1, 0.15) is 17.9 Å². The first-order valence-corrected chi connectivity index (χ1v) is 6.33. The predicted molar refractivity (Wildman–Crippen MR) is 71.0 cm³/mol. The smallest absolute Gasteiger partial charge is 0.242 e. The van der Waals surface area contributed by atoms with Crippen molar-refractivity contribution in [3.63, 3.8) is 0 Å². The summed E-state index contributed by atoms with van der Waals surface area (Å²) in [5.41, 5.74) is 5.78. The Labute approximate surface area is 115 Å². The van der Waals surface area contributed by atoms with E-state index in [1.165, 1.54) is 6.07 Å². The number of aromatic nitrogens is 2. The van der Waals surface area contributed by atoms with E-state index in [0.717, 1.165) is 0 Å². The number of halogens is 1. The number of benzene rings is 1. The monoisotopic (exact) mass is 272 g/mol. The molecule has 1 aromatic carbocycles. The fraction of sp³-hybridized carbons (Fsp3) is 0.214. The minimum Gasteiger partial charge on any atom is -0.273 e. The molecule has 1 fully saturated rings. The first-order chi connectivity index (χ1) is 9.75. The van der Waals surface area contributed by atoms with Crippen molar-refractivity contribution in [3.8, 4) is 0 Å². The van der Waals surface area contributed by atoms with E-state index in [2.05, 4.69) is 20.8 Å². The molecule has 0 spiro atoms. The summed E-state index contributed by atoms with van der Waals surface area (Å²) in [7, 11) is 0. The van der Waals surface area contributed by atoms with Gasteiger partial charge in [-0.2, -0.15) is 0 Å². The molecular weight excluding hydrogens is 259 g/mol. The molecule has 6 heteroatoms. The molecule has 1 amide bonds. The van der Waals surface area contributed by atoms with Crippen LogP contribution in [0.3, 0.4) is 0 Å². The highest BCUT2D eigenvalue weighted by Gasteiger charge is 2.45. The van der Waals surface area contributed by atoms with E-state index in [1.807, 2.05) is 0 Å². The zero-order valence-electron chi connectivity index (χ0n) is 10.6. The highest BCUT2D eigenvalue weighted by molar-refractivity contribution is 5.83. The Bertz CT molecular complexity index is 620. The molecule has 2 aromatic rings. The van der Waals surface area contributed by atoms with E-state index in [4.69, 9.17) is 0 Å². The maximum absolute atomic E-state index is 13.6. The molecule has 5 nitrogen and oxygen atoms in total. The van der Waals surface area contributed by atoms with Crippen molar-refractivity contribution >= 4 is 11.9 Å². The standard InChI is InChI=1S/C14H13FN4O/c15-12-5-2-1-4-9(12)10-8-11(10)13(20)18-19-14-16-6-3-7-17-14/h1-7,10-11H,8H2,(H,18,20)(H,16,17,19). The quantitative estimate of drug-likeness (QED) is 0.834. The van der Waals surface area contributed by atoms with Gasteiger partial charge in [0.05, 0.1) is 0 Å². The Morgan fingerprint density at radius 3 is 2.70 bits per heavy atom. The summed E-state index contributed by atoms with van der Waals surface area (Å²) in [6.45, 7) is 0. The zero-order valence-corrected chi connectivity index (χ0v) is 10.6. The molecule has 1 aliphatic carbocycles. The lowest BCUT2D eigenvalue weighted by molar-refractivity contribution is -0.121. The van der Waals surface area contributed by atoms with Gasteiger partial charge in [0.1, 0.15) is 5.82 Å². The van der Waals surface area contributed by atoms with E-state index in [1.54, 1.807) is 36.7 Å². The van der Waals surface area contributed by atoms with Crippen LogP contribution in [0.25, 0.3) is 0 Å². The third kappa shape index (κ3) is 2.59. The zero-order chi connectivity index (χ0) is 13.9. The second-order valence-corrected chi connectivity index (χ2v) is 4.66. The van der Waals surface area contributed by atoms with Crippen molar-refractivity contribution in [2.45, 2.75) is 12.3 Å². The number of hydrogen-bond acceptors (Lipinski definition) is 4. The van der Waals surface area contributed by atoms with Crippen LogP contribution < -0.4 is 10.9 Å². The summed E-state index contributed by atoms with van der Waals surface area (Å²) in [6.07, 6.45) is 3.80. The van der Waals surface area contributed by atoms with Crippen molar-refractivity contribution in [3.05, 3.63) is 54.1 Å². The Balaban J connectivity index is 1.57. The average Bonchev–Trinajstić information content (AvgIpc) is 3.27. The molecule has 3 rings (SSSR count). The molecule has 1 aliphatic rings. The van der Waals surface area contributed by atoms with Crippen molar-refractivity contribution in [1.82, 2.24) is 15.4 Å². The molecule has 2 unspecified atom stereocenters. The Morgan fingerprint density at radius 2 is 1.95 bits per heavy atom. The Morgan fingerprint density at radius 1 is 1.20 bits per heavy atom. The third-order valence-electron chi connectivity index (χ3n) is 3.30. The average molecular weight is 272 g/mol. The number of hydrazine groups is 1. The molecule has 102 valence electrons. The molecule has 2 atom stereocenters. The SMILES string of the molecule is O=C(NNc1ncccn1)C1CC1c1ccccc1F. The van der Waals surface area contributed by atoms with Crippen LogP contribution in [-0.4, -0.2) is 15.9 Å². The lowest BCUT2D eigenvalue weighted by Gasteiger charge is -2.06. The fourth-order valence-electron chi connectivity index (χ4n) is 2.18. The van der Waals surface area contributed by atoms with E-state index in [-0.39, 0.29) is 23.6 Å². The van der Waals surface area contributed by atoms with Crippen LogP contribution in [0.15, 0.2) is 42.7 Å². The number of carbonyl (C=O) groups is 1. The number of hydrogen-bond donors (Lipinski definition) is 2.